The normalized spacial score (nSPS) is 16.3. The van der Waals surface area contributed by atoms with Gasteiger partial charge in [-0.05, 0) is 49.2 Å². The molecule has 1 aliphatic heterocycles. The molecule has 2 heterocycles. The topological polar surface area (TPSA) is 79.4 Å². The minimum absolute atomic E-state index is 0.186. The van der Waals surface area contributed by atoms with Crippen molar-refractivity contribution in [3.63, 3.8) is 0 Å². The lowest BCUT2D eigenvalue weighted by atomic mass is 10.1. The summed E-state index contributed by atoms with van der Waals surface area (Å²) in [6, 6.07) is 8.60. The molecule has 1 N–H and O–H groups in total. The van der Waals surface area contributed by atoms with Crippen LogP contribution in [0.1, 0.15) is 22.3 Å². The average molecular weight is 331 g/mol. The van der Waals surface area contributed by atoms with Gasteiger partial charge < -0.3 is 5.32 Å². The summed E-state index contributed by atoms with van der Waals surface area (Å²) in [6.07, 6.45) is 3.74. The molecule has 1 amide bonds. The van der Waals surface area contributed by atoms with E-state index in [4.69, 9.17) is 0 Å². The summed E-state index contributed by atoms with van der Waals surface area (Å²) in [5.41, 5.74) is 2.56. The van der Waals surface area contributed by atoms with Crippen molar-refractivity contribution >= 4 is 27.3 Å². The van der Waals surface area contributed by atoms with Crippen molar-refractivity contribution in [3.05, 3.63) is 53.9 Å². The molecule has 1 fully saturated rings. The van der Waals surface area contributed by atoms with E-state index < -0.39 is 10.0 Å². The van der Waals surface area contributed by atoms with Crippen LogP contribution in [-0.2, 0) is 10.0 Å². The monoisotopic (exact) mass is 331 g/mol. The highest BCUT2D eigenvalue weighted by Gasteiger charge is 2.29. The van der Waals surface area contributed by atoms with E-state index in [9.17, 15) is 13.2 Å². The number of sulfonamides is 1. The Morgan fingerprint density at radius 3 is 2.74 bits per heavy atom. The first-order valence-corrected chi connectivity index (χ1v) is 8.91. The number of benzene rings is 1. The molecule has 0 spiro atoms. The summed E-state index contributed by atoms with van der Waals surface area (Å²) in [7, 11) is -3.20. The average Bonchev–Trinajstić information content (AvgIpc) is 2.87. The molecule has 0 bridgehead atoms. The Hall–Kier alpha value is -2.41. The molecule has 1 aliphatic rings. The summed E-state index contributed by atoms with van der Waals surface area (Å²) < 4.78 is 25.5. The van der Waals surface area contributed by atoms with Crippen molar-refractivity contribution in [1.82, 2.24) is 4.98 Å². The van der Waals surface area contributed by atoms with Gasteiger partial charge in [0.2, 0.25) is 10.0 Å². The van der Waals surface area contributed by atoms with Crippen LogP contribution in [0.2, 0.25) is 0 Å². The highest BCUT2D eigenvalue weighted by atomic mass is 32.2. The summed E-state index contributed by atoms with van der Waals surface area (Å²) in [4.78, 5) is 16.0. The van der Waals surface area contributed by atoms with Gasteiger partial charge in [0, 0.05) is 24.6 Å². The number of carbonyl (C=O) groups is 1. The Kier molecular flexibility index (Phi) is 4.04. The van der Waals surface area contributed by atoms with E-state index in [1.54, 1.807) is 36.5 Å². The van der Waals surface area contributed by atoms with Crippen molar-refractivity contribution in [1.29, 1.82) is 0 Å². The number of aryl methyl sites for hydroxylation is 1. The Bertz CT molecular complexity index is 835. The number of carbonyl (C=O) groups excluding carboxylic acids is 1. The van der Waals surface area contributed by atoms with E-state index in [0.717, 1.165) is 5.56 Å². The number of hydrogen-bond acceptors (Lipinski definition) is 4. The number of pyridine rings is 1. The molecule has 0 aliphatic carbocycles. The first-order valence-electron chi connectivity index (χ1n) is 7.30. The molecule has 1 aromatic heterocycles. The predicted molar refractivity (Wildman–Crippen MR) is 89.1 cm³/mol. The van der Waals surface area contributed by atoms with Gasteiger partial charge in [-0.1, -0.05) is 0 Å². The second-order valence-electron chi connectivity index (χ2n) is 5.44. The fourth-order valence-corrected chi connectivity index (χ4v) is 4.25. The van der Waals surface area contributed by atoms with Crippen molar-refractivity contribution in [3.8, 4) is 0 Å². The molecule has 23 heavy (non-hydrogen) atoms. The fourth-order valence-electron chi connectivity index (χ4n) is 2.62. The molecule has 0 atom stereocenters. The molecule has 7 heteroatoms. The molecule has 1 saturated heterocycles. The van der Waals surface area contributed by atoms with Gasteiger partial charge in [-0.2, -0.15) is 0 Å². The number of nitrogens with zero attached hydrogens (tertiary/aromatic N) is 2. The number of hydrogen-bond donors (Lipinski definition) is 1. The number of amides is 1. The molecular formula is C16H17N3O3S. The zero-order valence-electron chi connectivity index (χ0n) is 12.7. The molecule has 1 aromatic carbocycles. The fraction of sp³-hybridized carbons (Fsp3) is 0.250. The van der Waals surface area contributed by atoms with Crippen LogP contribution in [0.15, 0.2) is 42.7 Å². The van der Waals surface area contributed by atoms with Gasteiger partial charge in [0.05, 0.1) is 17.0 Å². The van der Waals surface area contributed by atoms with Gasteiger partial charge in [-0.15, -0.1) is 0 Å². The lowest BCUT2D eigenvalue weighted by molar-refractivity contribution is 0.102. The molecule has 2 aromatic rings. The van der Waals surface area contributed by atoms with Crippen molar-refractivity contribution < 1.29 is 13.2 Å². The maximum absolute atomic E-state index is 12.1. The zero-order chi connectivity index (χ0) is 16.4. The van der Waals surface area contributed by atoms with Gasteiger partial charge in [0.25, 0.3) is 5.91 Å². The van der Waals surface area contributed by atoms with Crippen LogP contribution in [0.25, 0.3) is 0 Å². The Morgan fingerprint density at radius 2 is 2.13 bits per heavy atom. The largest absolute Gasteiger partial charge is 0.322 e. The van der Waals surface area contributed by atoms with Gasteiger partial charge in [-0.25, -0.2) is 8.42 Å². The standard InChI is InChI=1S/C16H17N3O3S/c1-12-10-14(18-16(20)13-4-2-7-17-11-13)5-6-15(12)19-8-3-9-23(19,21)22/h2,4-7,10-11H,3,8-9H2,1H3,(H,18,20). The minimum Gasteiger partial charge on any atom is -0.322 e. The predicted octanol–water partition coefficient (Wildman–Crippen LogP) is 2.18. The number of aromatic nitrogens is 1. The van der Waals surface area contributed by atoms with Gasteiger partial charge in [-0.3, -0.25) is 14.1 Å². The zero-order valence-corrected chi connectivity index (χ0v) is 13.5. The molecule has 0 radical (unpaired) electrons. The third kappa shape index (κ3) is 3.19. The summed E-state index contributed by atoms with van der Waals surface area (Å²) in [5, 5.41) is 2.79. The molecule has 6 nitrogen and oxygen atoms in total. The maximum Gasteiger partial charge on any atom is 0.257 e. The van der Waals surface area contributed by atoms with Crippen LogP contribution in [0, 0.1) is 6.92 Å². The van der Waals surface area contributed by atoms with Crippen molar-refractivity contribution in [2.45, 2.75) is 13.3 Å². The van der Waals surface area contributed by atoms with E-state index in [1.807, 2.05) is 6.92 Å². The molecule has 0 saturated carbocycles. The second kappa shape index (κ2) is 6.00. The minimum atomic E-state index is -3.20. The van der Waals surface area contributed by atoms with Gasteiger partial charge in [0.1, 0.15) is 0 Å². The van der Waals surface area contributed by atoms with E-state index in [2.05, 4.69) is 10.3 Å². The lowest BCUT2D eigenvalue weighted by Crippen LogP contribution is -2.25. The molecule has 0 unspecified atom stereocenters. The van der Waals surface area contributed by atoms with Crippen molar-refractivity contribution in [2.75, 3.05) is 21.9 Å². The number of rotatable bonds is 3. The van der Waals surface area contributed by atoms with Crippen LogP contribution in [0.4, 0.5) is 11.4 Å². The van der Waals surface area contributed by atoms with Gasteiger partial charge in [0.15, 0.2) is 0 Å². The first kappa shape index (κ1) is 15.5. The maximum atomic E-state index is 12.1. The third-order valence-electron chi connectivity index (χ3n) is 3.75. The quantitative estimate of drug-likeness (QED) is 0.935. The second-order valence-corrected chi connectivity index (χ2v) is 7.45. The Balaban J connectivity index is 1.81. The first-order chi connectivity index (χ1) is 11.0. The smallest absolute Gasteiger partial charge is 0.257 e. The number of anilines is 2. The van der Waals surface area contributed by atoms with Crippen LogP contribution < -0.4 is 9.62 Å². The van der Waals surface area contributed by atoms with E-state index in [0.29, 0.717) is 29.9 Å². The van der Waals surface area contributed by atoms with Crippen molar-refractivity contribution in [2.24, 2.45) is 0 Å². The number of nitrogens with one attached hydrogen (secondary N) is 1. The Labute approximate surface area is 135 Å². The van der Waals surface area contributed by atoms with Gasteiger partial charge >= 0.3 is 0 Å². The third-order valence-corrected chi connectivity index (χ3v) is 5.60. The molecular weight excluding hydrogens is 314 g/mol. The highest BCUT2D eigenvalue weighted by molar-refractivity contribution is 7.93. The summed E-state index contributed by atoms with van der Waals surface area (Å²) >= 11 is 0. The summed E-state index contributed by atoms with van der Waals surface area (Å²) in [6.45, 7) is 2.34. The molecule has 3 rings (SSSR count). The highest BCUT2D eigenvalue weighted by Crippen LogP contribution is 2.29. The van der Waals surface area contributed by atoms with E-state index in [1.165, 1.54) is 10.5 Å². The summed E-state index contributed by atoms with van der Waals surface area (Å²) in [5.74, 6) is -0.0644. The van der Waals surface area contributed by atoms with Crippen LogP contribution >= 0.6 is 0 Å². The SMILES string of the molecule is Cc1cc(NC(=O)c2cccnc2)ccc1N1CCCS1(=O)=O. The van der Waals surface area contributed by atoms with Crippen LogP contribution in [0.5, 0.6) is 0 Å². The van der Waals surface area contributed by atoms with E-state index >= 15 is 0 Å². The van der Waals surface area contributed by atoms with Crippen LogP contribution in [-0.4, -0.2) is 31.6 Å². The molecule has 120 valence electrons. The van der Waals surface area contributed by atoms with E-state index in [-0.39, 0.29) is 11.7 Å². The lowest BCUT2D eigenvalue weighted by Gasteiger charge is -2.20. The Morgan fingerprint density at radius 1 is 1.30 bits per heavy atom. The van der Waals surface area contributed by atoms with Crippen LogP contribution in [0.3, 0.4) is 0 Å².